The molecule has 1 heterocycles. The van der Waals surface area contributed by atoms with Crippen LogP contribution in [0.2, 0.25) is 0 Å². The van der Waals surface area contributed by atoms with Gasteiger partial charge in [-0.15, -0.1) is 0 Å². The molecule has 0 aliphatic carbocycles. The van der Waals surface area contributed by atoms with Crippen molar-refractivity contribution in [1.82, 2.24) is 21.3 Å². The maximum absolute atomic E-state index is 12.5. The molecule has 28 heavy (non-hydrogen) atoms. The summed E-state index contributed by atoms with van der Waals surface area (Å²) in [6, 6.07) is 7.84. The Balaban J connectivity index is 2.15. The number of carbonyl (C=O) groups excluding carboxylic acids is 2. The highest BCUT2D eigenvalue weighted by atomic mass is 16.2. The zero-order valence-electron chi connectivity index (χ0n) is 17.7. The van der Waals surface area contributed by atoms with E-state index in [1.807, 2.05) is 6.07 Å². The standard InChI is InChI=1S/C22H36N4O2/c1-15(2)19-21(27)23-10-5-6-11-24-22(28)20(16(3)4)26-14-18-9-7-8-17(12-18)13-25-19/h7-9,12,15-16,19-20,25-26H,5-6,10-11,13-14H2,1-4H3,(H,23,27)(H,24,28)/t19-,20-/m0/s1. The SMILES string of the molecule is CC(C)[C@@H]1NCc2cccc(c2)CN[C@@H](C(C)C)C(=O)NCCCCNC1=O. The second kappa shape index (κ2) is 11.2. The minimum absolute atomic E-state index is 0.0426. The number of hydrogen-bond acceptors (Lipinski definition) is 4. The Morgan fingerprint density at radius 1 is 0.786 bits per heavy atom. The molecule has 0 aromatic heterocycles. The summed E-state index contributed by atoms with van der Waals surface area (Å²) in [5.41, 5.74) is 2.26. The maximum atomic E-state index is 12.5. The van der Waals surface area contributed by atoms with Gasteiger partial charge in [-0.25, -0.2) is 0 Å². The Hall–Kier alpha value is -1.92. The van der Waals surface area contributed by atoms with Crippen molar-refractivity contribution in [3.05, 3.63) is 35.4 Å². The highest BCUT2D eigenvalue weighted by Crippen LogP contribution is 2.10. The highest BCUT2D eigenvalue weighted by molar-refractivity contribution is 5.82. The van der Waals surface area contributed by atoms with Crippen molar-refractivity contribution in [3.8, 4) is 0 Å². The lowest BCUT2D eigenvalue weighted by atomic mass is 10.0. The molecule has 1 aliphatic rings. The van der Waals surface area contributed by atoms with Gasteiger partial charge in [-0.05, 0) is 35.8 Å². The van der Waals surface area contributed by atoms with E-state index in [-0.39, 0.29) is 35.7 Å². The minimum atomic E-state index is -0.220. The summed E-state index contributed by atoms with van der Waals surface area (Å²) in [4.78, 5) is 25.1. The fourth-order valence-corrected chi connectivity index (χ4v) is 3.46. The van der Waals surface area contributed by atoms with E-state index in [9.17, 15) is 9.59 Å². The van der Waals surface area contributed by atoms with Gasteiger partial charge in [0, 0.05) is 26.2 Å². The molecular formula is C22H36N4O2. The number of hydrogen-bond donors (Lipinski definition) is 4. The molecule has 6 heteroatoms. The average Bonchev–Trinajstić information content (AvgIpc) is 2.64. The second-order valence-electron chi connectivity index (χ2n) is 8.31. The van der Waals surface area contributed by atoms with Crippen molar-refractivity contribution in [1.29, 1.82) is 0 Å². The van der Waals surface area contributed by atoms with E-state index >= 15 is 0 Å². The molecule has 6 nitrogen and oxygen atoms in total. The van der Waals surface area contributed by atoms with Crippen LogP contribution in [0.3, 0.4) is 0 Å². The van der Waals surface area contributed by atoms with Crippen molar-refractivity contribution in [2.45, 2.75) is 65.7 Å². The predicted molar refractivity (Wildman–Crippen MR) is 113 cm³/mol. The molecule has 4 N–H and O–H groups in total. The van der Waals surface area contributed by atoms with Crippen LogP contribution in [-0.2, 0) is 22.7 Å². The molecule has 0 saturated carbocycles. The summed E-state index contributed by atoms with van der Waals surface area (Å²) in [5, 5.41) is 12.9. The van der Waals surface area contributed by atoms with Gasteiger partial charge >= 0.3 is 0 Å². The zero-order valence-corrected chi connectivity index (χ0v) is 17.7. The third-order valence-corrected chi connectivity index (χ3v) is 5.14. The van der Waals surface area contributed by atoms with Gasteiger partial charge in [-0.2, -0.15) is 0 Å². The largest absolute Gasteiger partial charge is 0.355 e. The number of nitrogens with one attached hydrogen (secondary N) is 4. The molecule has 1 aromatic carbocycles. The van der Waals surface area contributed by atoms with Gasteiger partial charge < -0.3 is 21.3 Å². The van der Waals surface area contributed by atoms with Crippen molar-refractivity contribution < 1.29 is 9.59 Å². The van der Waals surface area contributed by atoms with Gasteiger partial charge in [-0.1, -0.05) is 52.0 Å². The number of carbonyl (C=O) groups is 2. The molecule has 1 aromatic rings. The number of fused-ring (bicyclic) bond motifs is 2. The van der Waals surface area contributed by atoms with Crippen molar-refractivity contribution in [2.24, 2.45) is 11.8 Å². The first kappa shape index (κ1) is 22.4. The Morgan fingerprint density at radius 3 is 1.61 bits per heavy atom. The Kier molecular flexibility index (Phi) is 8.93. The van der Waals surface area contributed by atoms with Crippen LogP contribution < -0.4 is 21.3 Å². The van der Waals surface area contributed by atoms with Gasteiger partial charge in [0.15, 0.2) is 0 Å². The Labute approximate surface area is 169 Å². The monoisotopic (exact) mass is 388 g/mol. The lowest BCUT2D eigenvalue weighted by Gasteiger charge is -2.22. The number of benzene rings is 1. The fourth-order valence-electron chi connectivity index (χ4n) is 3.46. The second-order valence-corrected chi connectivity index (χ2v) is 8.31. The third kappa shape index (κ3) is 6.91. The Bertz CT molecular complexity index is 594. The van der Waals surface area contributed by atoms with Gasteiger partial charge in [0.2, 0.25) is 11.8 Å². The average molecular weight is 389 g/mol. The zero-order chi connectivity index (χ0) is 20.5. The lowest BCUT2D eigenvalue weighted by Crippen LogP contribution is -2.47. The van der Waals surface area contributed by atoms with E-state index in [4.69, 9.17) is 0 Å². The van der Waals surface area contributed by atoms with E-state index in [1.165, 1.54) is 0 Å². The molecular weight excluding hydrogens is 352 g/mol. The molecule has 0 spiro atoms. The predicted octanol–water partition coefficient (Wildman–Crippen LogP) is 1.94. The molecule has 0 radical (unpaired) electrons. The fraction of sp³-hybridized carbons (Fsp3) is 0.636. The van der Waals surface area contributed by atoms with Gasteiger partial charge in [0.05, 0.1) is 12.1 Å². The van der Waals surface area contributed by atoms with Crippen LogP contribution in [0, 0.1) is 11.8 Å². The summed E-state index contributed by atoms with van der Waals surface area (Å²) < 4.78 is 0. The van der Waals surface area contributed by atoms with Gasteiger partial charge in [0.1, 0.15) is 0 Å². The summed E-state index contributed by atoms with van der Waals surface area (Å²) in [6.45, 7) is 10.8. The normalized spacial score (nSPS) is 23.2. The summed E-state index contributed by atoms with van der Waals surface area (Å²) in [7, 11) is 0. The first-order chi connectivity index (χ1) is 13.4. The van der Waals surface area contributed by atoms with Crippen LogP contribution in [-0.4, -0.2) is 37.0 Å². The van der Waals surface area contributed by atoms with E-state index in [0.29, 0.717) is 26.2 Å². The maximum Gasteiger partial charge on any atom is 0.237 e. The van der Waals surface area contributed by atoms with Crippen LogP contribution in [0.15, 0.2) is 24.3 Å². The van der Waals surface area contributed by atoms with Crippen LogP contribution in [0.5, 0.6) is 0 Å². The minimum Gasteiger partial charge on any atom is -0.355 e. The molecule has 2 bridgehead atoms. The molecule has 0 unspecified atom stereocenters. The third-order valence-electron chi connectivity index (χ3n) is 5.14. The first-order valence-corrected chi connectivity index (χ1v) is 10.5. The van der Waals surface area contributed by atoms with E-state index < -0.39 is 0 Å². The van der Waals surface area contributed by atoms with Crippen molar-refractivity contribution >= 4 is 11.8 Å². The van der Waals surface area contributed by atoms with Crippen LogP contribution in [0.25, 0.3) is 0 Å². The van der Waals surface area contributed by atoms with Crippen molar-refractivity contribution in [2.75, 3.05) is 13.1 Å². The van der Waals surface area contributed by atoms with Gasteiger partial charge in [-0.3, -0.25) is 9.59 Å². The molecule has 2 amide bonds. The molecule has 0 fully saturated rings. The van der Waals surface area contributed by atoms with Crippen molar-refractivity contribution in [3.63, 3.8) is 0 Å². The quantitative estimate of drug-likeness (QED) is 0.624. The molecule has 0 saturated heterocycles. The van der Waals surface area contributed by atoms with Gasteiger partial charge in [0.25, 0.3) is 0 Å². The molecule has 2 rings (SSSR count). The van der Waals surface area contributed by atoms with E-state index in [1.54, 1.807) is 0 Å². The van der Waals surface area contributed by atoms with Crippen LogP contribution >= 0.6 is 0 Å². The summed E-state index contributed by atoms with van der Waals surface area (Å²) in [5.74, 6) is 0.498. The number of rotatable bonds is 2. The lowest BCUT2D eigenvalue weighted by molar-refractivity contribution is -0.125. The first-order valence-electron chi connectivity index (χ1n) is 10.5. The van der Waals surface area contributed by atoms with Crippen LogP contribution in [0.1, 0.15) is 51.7 Å². The summed E-state index contributed by atoms with van der Waals surface area (Å²) in [6.07, 6.45) is 1.69. The molecule has 156 valence electrons. The highest BCUT2D eigenvalue weighted by Gasteiger charge is 2.23. The van der Waals surface area contributed by atoms with Crippen LogP contribution in [0.4, 0.5) is 0 Å². The smallest absolute Gasteiger partial charge is 0.237 e. The topological polar surface area (TPSA) is 82.3 Å². The molecule has 1 aliphatic heterocycles. The van der Waals surface area contributed by atoms with E-state index in [2.05, 4.69) is 67.2 Å². The molecule has 2 atom stereocenters. The number of amides is 2. The van der Waals surface area contributed by atoms with E-state index in [0.717, 1.165) is 24.0 Å². The Morgan fingerprint density at radius 2 is 1.21 bits per heavy atom. The summed E-state index contributed by atoms with van der Waals surface area (Å²) >= 11 is 0.